The first-order valence-electron chi connectivity index (χ1n) is 6.29. The Labute approximate surface area is 126 Å². The van der Waals surface area contributed by atoms with Crippen molar-refractivity contribution in [1.29, 1.82) is 0 Å². The van der Waals surface area contributed by atoms with E-state index in [0.29, 0.717) is 31.3 Å². The minimum Gasteiger partial charge on any atom is -0.389 e. The van der Waals surface area contributed by atoms with Crippen LogP contribution in [-0.2, 0) is 23.1 Å². The van der Waals surface area contributed by atoms with E-state index in [1.807, 2.05) is 6.92 Å². The third-order valence-corrected chi connectivity index (χ3v) is 5.78. The summed E-state index contributed by atoms with van der Waals surface area (Å²) in [4.78, 5) is 9.53. The van der Waals surface area contributed by atoms with Crippen LogP contribution in [0.25, 0.3) is 0 Å². The second kappa shape index (κ2) is 10.4. The molecule has 0 aromatic heterocycles. The zero-order valence-electron chi connectivity index (χ0n) is 11.3. The third kappa shape index (κ3) is 8.21. The van der Waals surface area contributed by atoms with Crippen molar-refractivity contribution in [2.75, 3.05) is 44.5 Å². The summed E-state index contributed by atoms with van der Waals surface area (Å²) in [5.74, 6) is 0.917. The zero-order chi connectivity index (χ0) is 14.8. The normalized spacial score (nSPS) is 26.4. The molecule has 3 unspecified atom stereocenters. The average Bonchev–Trinajstić information content (AvgIpc) is 2.40. The van der Waals surface area contributed by atoms with E-state index in [0.717, 1.165) is 0 Å². The lowest BCUT2D eigenvalue weighted by Crippen LogP contribution is -2.34. The van der Waals surface area contributed by atoms with E-state index in [-0.39, 0.29) is 13.2 Å². The SMILES string of the molecule is CCOCCOCCOP(=O)(O)OC1CSSCC1O. The fourth-order valence-electron chi connectivity index (χ4n) is 1.33. The van der Waals surface area contributed by atoms with Gasteiger partial charge in [0.05, 0.1) is 32.5 Å². The van der Waals surface area contributed by atoms with Crippen molar-refractivity contribution < 1.29 is 33.1 Å². The number of rotatable bonds is 10. The van der Waals surface area contributed by atoms with Crippen LogP contribution in [0.3, 0.4) is 0 Å². The standard InChI is InChI=1S/C10H21O7PS2/c1-2-14-3-4-15-5-6-16-18(12,13)17-10-8-20-19-7-9(10)11/h9-11H,2-8H2,1H3,(H,12,13). The lowest BCUT2D eigenvalue weighted by atomic mass is 10.3. The maximum absolute atomic E-state index is 11.7. The summed E-state index contributed by atoms with van der Waals surface area (Å²) in [6.45, 7) is 3.53. The van der Waals surface area contributed by atoms with Crippen LogP contribution in [0.4, 0.5) is 0 Å². The van der Waals surface area contributed by atoms with Gasteiger partial charge in [0.15, 0.2) is 0 Å². The lowest BCUT2D eigenvalue weighted by molar-refractivity contribution is 0.0149. The highest BCUT2D eigenvalue weighted by Gasteiger charge is 2.33. The minimum atomic E-state index is -4.15. The molecule has 0 aromatic rings. The molecular formula is C10H21O7PS2. The van der Waals surface area contributed by atoms with Crippen molar-refractivity contribution in [3.63, 3.8) is 0 Å². The molecule has 0 aliphatic carbocycles. The molecule has 120 valence electrons. The Morgan fingerprint density at radius 2 is 1.80 bits per heavy atom. The molecule has 3 atom stereocenters. The van der Waals surface area contributed by atoms with Crippen molar-refractivity contribution in [3.8, 4) is 0 Å². The highest BCUT2D eigenvalue weighted by molar-refractivity contribution is 8.76. The molecule has 10 heteroatoms. The smallest absolute Gasteiger partial charge is 0.389 e. The van der Waals surface area contributed by atoms with Crippen LogP contribution >= 0.6 is 29.4 Å². The van der Waals surface area contributed by atoms with Gasteiger partial charge in [-0.3, -0.25) is 9.05 Å². The lowest BCUT2D eigenvalue weighted by Gasteiger charge is -2.27. The molecule has 0 aromatic carbocycles. The predicted octanol–water partition coefficient (Wildman–Crippen LogP) is 1.30. The zero-order valence-corrected chi connectivity index (χ0v) is 13.8. The van der Waals surface area contributed by atoms with Gasteiger partial charge in [-0.25, -0.2) is 4.57 Å². The number of aliphatic hydroxyl groups excluding tert-OH is 1. The van der Waals surface area contributed by atoms with E-state index in [2.05, 4.69) is 0 Å². The largest absolute Gasteiger partial charge is 0.472 e. The van der Waals surface area contributed by atoms with Crippen LogP contribution < -0.4 is 0 Å². The number of phosphoric acid groups is 1. The Morgan fingerprint density at radius 1 is 1.15 bits per heavy atom. The summed E-state index contributed by atoms with van der Waals surface area (Å²) in [5.41, 5.74) is 0. The van der Waals surface area contributed by atoms with Crippen LogP contribution in [0.2, 0.25) is 0 Å². The third-order valence-electron chi connectivity index (χ3n) is 2.31. The monoisotopic (exact) mass is 348 g/mol. The average molecular weight is 348 g/mol. The van der Waals surface area contributed by atoms with E-state index >= 15 is 0 Å². The van der Waals surface area contributed by atoms with E-state index < -0.39 is 20.0 Å². The van der Waals surface area contributed by atoms with Gasteiger partial charge in [-0.2, -0.15) is 0 Å². The van der Waals surface area contributed by atoms with Crippen molar-refractivity contribution in [2.45, 2.75) is 19.1 Å². The highest BCUT2D eigenvalue weighted by atomic mass is 33.1. The number of hydrogen-bond donors (Lipinski definition) is 2. The summed E-state index contributed by atoms with van der Waals surface area (Å²) >= 11 is 0. The Hall–Kier alpha value is 0.690. The van der Waals surface area contributed by atoms with E-state index in [1.54, 1.807) is 0 Å². The van der Waals surface area contributed by atoms with Crippen molar-refractivity contribution >= 4 is 29.4 Å². The van der Waals surface area contributed by atoms with Crippen LogP contribution in [0.5, 0.6) is 0 Å². The number of hydrogen-bond acceptors (Lipinski definition) is 8. The molecule has 1 rings (SSSR count). The summed E-state index contributed by atoms with van der Waals surface area (Å²) in [7, 11) is -1.15. The molecule has 1 saturated heterocycles. The molecular weight excluding hydrogens is 327 g/mol. The van der Waals surface area contributed by atoms with Gasteiger partial charge < -0.3 is 19.5 Å². The van der Waals surface area contributed by atoms with Crippen LogP contribution in [-0.4, -0.2) is 66.7 Å². The van der Waals surface area contributed by atoms with E-state index in [4.69, 9.17) is 18.5 Å². The van der Waals surface area contributed by atoms with Gasteiger partial charge in [0.25, 0.3) is 0 Å². The fraction of sp³-hybridized carbons (Fsp3) is 1.00. The molecule has 1 heterocycles. The van der Waals surface area contributed by atoms with Crippen molar-refractivity contribution in [2.24, 2.45) is 0 Å². The van der Waals surface area contributed by atoms with Crippen molar-refractivity contribution in [3.05, 3.63) is 0 Å². The fourth-order valence-corrected chi connectivity index (χ4v) is 4.72. The van der Waals surface area contributed by atoms with Gasteiger partial charge in [-0.05, 0) is 6.92 Å². The number of ether oxygens (including phenoxy) is 2. The number of phosphoric ester groups is 1. The van der Waals surface area contributed by atoms with Crippen LogP contribution in [0.1, 0.15) is 6.92 Å². The molecule has 7 nitrogen and oxygen atoms in total. The van der Waals surface area contributed by atoms with Gasteiger partial charge >= 0.3 is 7.82 Å². The van der Waals surface area contributed by atoms with Gasteiger partial charge in [0.2, 0.25) is 0 Å². The molecule has 1 aliphatic heterocycles. The molecule has 0 bridgehead atoms. The molecule has 1 aliphatic rings. The molecule has 0 amide bonds. The van der Waals surface area contributed by atoms with E-state index in [9.17, 15) is 14.6 Å². The Morgan fingerprint density at radius 3 is 2.50 bits per heavy atom. The topological polar surface area (TPSA) is 94.5 Å². The summed E-state index contributed by atoms with van der Waals surface area (Å²) in [6.07, 6.45) is -1.44. The number of aliphatic hydroxyl groups is 1. The Kier molecular flexibility index (Phi) is 9.76. The summed E-state index contributed by atoms with van der Waals surface area (Å²) < 4.78 is 31.6. The first-order chi connectivity index (χ1) is 9.55. The predicted molar refractivity (Wildman–Crippen MR) is 78.9 cm³/mol. The first-order valence-corrected chi connectivity index (χ1v) is 10.3. The van der Waals surface area contributed by atoms with Crippen molar-refractivity contribution in [1.82, 2.24) is 0 Å². The maximum atomic E-state index is 11.7. The van der Waals surface area contributed by atoms with Gasteiger partial charge in [-0.1, -0.05) is 21.6 Å². The Bertz CT molecular complexity index is 307. The summed E-state index contributed by atoms with van der Waals surface area (Å²) in [6, 6.07) is 0. The quantitative estimate of drug-likeness (QED) is 0.344. The molecule has 0 saturated carbocycles. The molecule has 2 N–H and O–H groups in total. The van der Waals surface area contributed by atoms with Gasteiger partial charge in [-0.15, -0.1) is 0 Å². The van der Waals surface area contributed by atoms with Gasteiger partial charge in [0, 0.05) is 18.1 Å². The Balaban J connectivity index is 2.12. The minimum absolute atomic E-state index is 0.0510. The van der Waals surface area contributed by atoms with E-state index in [1.165, 1.54) is 21.6 Å². The van der Waals surface area contributed by atoms with Crippen LogP contribution in [0, 0.1) is 0 Å². The maximum Gasteiger partial charge on any atom is 0.472 e. The molecule has 20 heavy (non-hydrogen) atoms. The second-order valence-electron chi connectivity index (χ2n) is 3.89. The molecule has 1 fully saturated rings. The first kappa shape index (κ1) is 18.7. The van der Waals surface area contributed by atoms with Gasteiger partial charge in [0.1, 0.15) is 6.10 Å². The summed E-state index contributed by atoms with van der Waals surface area (Å²) in [5, 5.41) is 9.64. The second-order valence-corrected chi connectivity index (χ2v) is 7.85. The van der Waals surface area contributed by atoms with Crippen LogP contribution in [0.15, 0.2) is 0 Å². The molecule has 0 spiro atoms. The highest BCUT2D eigenvalue weighted by Crippen LogP contribution is 2.47. The molecule has 0 radical (unpaired) electrons.